The second kappa shape index (κ2) is 9.25. The van der Waals surface area contributed by atoms with E-state index in [0.717, 1.165) is 12.5 Å². The molecule has 2 rings (SSSR count). The molecule has 1 aromatic carbocycles. The Kier molecular flexibility index (Phi) is 7.29. The molecule has 1 aliphatic carbocycles. The monoisotopic (exact) mass is 287 g/mol. The third-order valence-electron chi connectivity index (χ3n) is 4.93. The Balaban J connectivity index is 2.02. The average molecular weight is 287 g/mol. The SMILES string of the molecule is CCCCCCC(NCCC)C1CCCc2ccccc21. The highest BCUT2D eigenvalue weighted by atomic mass is 14.9. The quantitative estimate of drug-likeness (QED) is 0.596. The van der Waals surface area contributed by atoms with Crippen LogP contribution in [0, 0.1) is 0 Å². The lowest BCUT2D eigenvalue weighted by molar-refractivity contribution is 0.362. The van der Waals surface area contributed by atoms with Crippen molar-refractivity contribution in [2.24, 2.45) is 0 Å². The number of fused-ring (bicyclic) bond motifs is 1. The van der Waals surface area contributed by atoms with Gasteiger partial charge >= 0.3 is 0 Å². The summed E-state index contributed by atoms with van der Waals surface area (Å²) in [5.74, 6) is 0.739. The highest BCUT2D eigenvalue weighted by Crippen LogP contribution is 2.35. The Morgan fingerprint density at radius 3 is 2.76 bits per heavy atom. The summed E-state index contributed by atoms with van der Waals surface area (Å²) in [6, 6.07) is 9.84. The van der Waals surface area contributed by atoms with Crippen LogP contribution in [0.3, 0.4) is 0 Å². The Labute approximate surface area is 131 Å². The molecule has 0 aromatic heterocycles. The standard InChI is InChI=1S/C20H33N/c1-3-5-6-7-15-20(21-16-4-2)19-14-10-12-17-11-8-9-13-18(17)19/h8-9,11,13,19-21H,3-7,10,12,14-16H2,1-2H3. The number of rotatable bonds is 9. The molecule has 0 saturated heterocycles. The van der Waals surface area contributed by atoms with E-state index in [2.05, 4.69) is 43.4 Å². The zero-order valence-electron chi connectivity index (χ0n) is 14.0. The molecule has 118 valence electrons. The molecule has 0 fully saturated rings. The fraction of sp³-hybridized carbons (Fsp3) is 0.700. The Bertz CT molecular complexity index is 399. The first-order valence-electron chi connectivity index (χ1n) is 9.18. The largest absolute Gasteiger partial charge is 0.313 e. The highest BCUT2D eigenvalue weighted by molar-refractivity contribution is 5.33. The summed E-state index contributed by atoms with van der Waals surface area (Å²) in [5.41, 5.74) is 3.23. The predicted octanol–water partition coefficient (Wildman–Crippen LogP) is 5.45. The number of nitrogens with one attached hydrogen (secondary N) is 1. The molecule has 1 aromatic rings. The van der Waals surface area contributed by atoms with Crippen LogP contribution >= 0.6 is 0 Å². The van der Waals surface area contributed by atoms with Crippen LogP contribution in [0.5, 0.6) is 0 Å². The maximum Gasteiger partial charge on any atom is 0.0136 e. The van der Waals surface area contributed by atoms with Crippen LogP contribution < -0.4 is 5.32 Å². The average Bonchev–Trinajstić information content (AvgIpc) is 2.54. The molecule has 21 heavy (non-hydrogen) atoms. The number of hydrogen-bond donors (Lipinski definition) is 1. The van der Waals surface area contributed by atoms with Gasteiger partial charge in [0.1, 0.15) is 0 Å². The third kappa shape index (κ3) is 4.85. The van der Waals surface area contributed by atoms with Crippen molar-refractivity contribution in [2.75, 3.05) is 6.54 Å². The van der Waals surface area contributed by atoms with Gasteiger partial charge in [-0.3, -0.25) is 0 Å². The topological polar surface area (TPSA) is 12.0 Å². The molecule has 0 amide bonds. The summed E-state index contributed by atoms with van der Waals surface area (Å²) in [5, 5.41) is 3.86. The molecule has 0 spiro atoms. The van der Waals surface area contributed by atoms with Crippen LogP contribution in [0.2, 0.25) is 0 Å². The van der Waals surface area contributed by atoms with Crippen LogP contribution in [0.1, 0.15) is 82.3 Å². The Morgan fingerprint density at radius 1 is 1.10 bits per heavy atom. The van der Waals surface area contributed by atoms with Crippen LogP contribution in [0.4, 0.5) is 0 Å². The molecule has 2 atom stereocenters. The summed E-state index contributed by atoms with van der Waals surface area (Å²) in [4.78, 5) is 0. The van der Waals surface area contributed by atoms with E-state index < -0.39 is 0 Å². The minimum atomic E-state index is 0.684. The smallest absolute Gasteiger partial charge is 0.0136 e. The van der Waals surface area contributed by atoms with Crippen molar-refractivity contribution in [2.45, 2.75) is 83.6 Å². The molecule has 1 heteroatoms. The number of hydrogen-bond acceptors (Lipinski definition) is 1. The minimum absolute atomic E-state index is 0.684. The fourth-order valence-electron chi connectivity index (χ4n) is 3.78. The maximum atomic E-state index is 3.86. The summed E-state index contributed by atoms with van der Waals surface area (Å²) < 4.78 is 0. The lowest BCUT2D eigenvalue weighted by Crippen LogP contribution is -2.37. The molecular weight excluding hydrogens is 254 g/mol. The second-order valence-corrected chi connectivity index (χ2v) is 6.61. The zero-order valence-corrected chi connectivity index (χ0v) is 14.0. The van der Waals surface area contributed by atoms with Gasteiger partial charge in [-0.2, -0.15) is 0 Å². The van der Waals surface area contributed by atoms with Crippen molar-refractivity contribution >= 4 is 0 Å². The highest BCUT2D eigenvalue weighted by Gasteiger charge is 2.26. The molecule has 0 saturated carbocycles. The summed E-state index contributed by atoms with van der Waals surface area (Å²) >= 11 is 0. The van der Waals surface area contributed by atoms with Crippen LogP contribution in [0.25, 0.3) is 0 Å². The van der Waals surface area contributed by atoms with Crippen molar-refractivity contribution < 1.29 is 0 Å². The zero-order chi connectivity index (χ0) is 14.9. The Hall–Kier alpha value is -0.820. The molecular formula is C20H33N. The minimum Gasteiger partial charge on any atom is -0.313 e. The summed E-state index contributed by atoms with van der Waals surface area (Å²) in [6.07, 6.45) is 12.1. The second-order valence-electron chi connectivity index (χ2n) is 6.61. The number of aryl methyl sites for hydroxylation is 1. The van der Waals surface area contributed by atoms with Crippen molar-refractivity contribution in [3.8, 4) is 0 Å². The lowest BCUT2D eigenvalue weighted by atomic mass is 9.77. The fourth-order valence-corrected chi connectivity index (χ4v) is 3.78. The predicted molar refractivity (Wildman–Crippen MR) is 93.0 cm³/mol. The van der Waals surface area contributed by atoms with E-state index in [1.165, 1.54) is 57.8 Å². The summed E-state index contributed by atoms with van der Waals surface area (Å²) in [7, 11) is 0. The normalized spacial score (nSPS) is 19.2. The van der Waals surface area contributed by atoms with E-state index in [4.69, 9.17) is 0 Å². The van der Waals surface area contributed by atoms with Crippen LogP contribution in [0.15, 0.2) is 24.3 Å². The third-order valence-corrected chi connectivity index (χ3v) is 4.93. The molecule has 1 aliphatic rings. The van der Waals surface area contributed by atoms with E-state index in [9.17, 15) is 0 Å². The molecule has 0 aliphatic heterocycles. The van der Waals surface area contributed by atoms with Gasteiger partial charge in [-0.25, -0.2) is 0 Å². The van der Waals surface area contributed by atoms with Gasteiger partial charge in [0.15, 0.2) is 0 Å². The summed E-state index contributed by atoms with van der Waals surface area (Å²) in [6.45, 7) is 5.73. The van der Waals surface area contributed by atoms with Gasteiger partial charge < -0.3 is 5.32 Å². The molecule has 0 heterocycles. The van der Waals surface area contributed by atoms with Gasteiger partial charge in [0.05, 0.1) is 0 Å². The first kappa shape index (κ1) is 16.5. The van der Waals surface area contributed by atoms with Crippen molar-refractivity contribution in [3.05, 3.63) is 35.4 Å². The van der Waals surface area contributed by atoms with Gasteiger partial charge in [-0.05, 0) is 55.7 Å². The van der Waals surface area contributed by atoms with Crippen LogP contribution in [-0.2, 0) is 6.42 Å². The molecule has 0 bridgehead atoms. The Morgan fingerprint density at radius 2 is 1.95 bits per heavy atom. The maximum absolute atomic E-state index is 3.86. The van der Waals surface area contributed by atoms with E-state index in [0.29, 0.717) is 6.04 Å². The molecule has 1 N–H and O–H groups in total. The van der Waals surface area contributed by atoms with Crippen molar-refractivity contribution in [3.63, 3.8) is 0 Å². The van der Waals surface area contributed by atoms with Gasteiger partial charge in [0.25, 0.3) is 0 Å². The van der Waals surface area contributed by atoms with Crippen molar-refractivity contribution in [1.29, 1.82) is 0 Å². The first-order valence-corrected chi connectivity index (χ1v) is 9.18. The van der Waals surface area contributed by atoms with Gasteiger partial charge in [-0.1, -0.05) is 63.8 Å². The van der Waals surface area contributed by atoms with Crippen molar-refractivity contribution in [1.82, 2.24) is 5.32 Å². The molecule has 1 nitrogen and oxygen atoms in total. The van der Waals surface area contributed by atoms with E-state index in [1.807, 2.05) is 0 Å². The van der Waals surface area contributed by atoms with E-state index in [-0.39, 0.29) is 0 Å². The van der Waals surface area contributed by atoms with Gasteiger partial charge in [0, 0.05) is 6.04 Å². The number of benzene rings is 1. The van der Waals surface area contributed by atoms with E-state index >= 15 is 0 Å². The van der Waals surface area contributed by atoms with E-state index in [1.54, 1.807) is 11.1 Å². The molecule has 0 radical (unpaired) electrons. The molecule has 2 unspecified atom stereocenters. The van der Waals surface area contributed by atoms with Gasteiger partial charge in [0.2, 0.25) is 0 Å². The first-order chi connectivity index (χ1) is 10.4. The van der Waals surface area contributed by atoms with Gasteiger partial charge in [-0.15, -0.1) is 0 Å². The number of unbranched alkanes of at least 4 members (excludes halogenated alkanes) is 3. The lowest BCUT2D eigenvalue weighted by Gasteiger charge is -2.33. The van der Waals surface area contributed by atoms with Crippen LogP contribution in [-0.4, -0.2) is 12.6 Å².